The monoisotopic (exact) mass is 307 g/mol. The molecule has 2 rings (SSSR count). The van der Waals surface area contributed by atoms with E-state index in [1.807, 2.05) is 13.8 Å². The van der Waals surface area contributed by atoms with E-state index < -0.39 is 17.8 Å². The molecule has 2 aliphatic heterocycles. The lowest BCUT2D eigenvalue weighted by Crippen LogP contribution is -2.52. The van der Waals surface area contributed by atoms with Gasteiger partial charge in [-0.2, -0.15) is 0 Å². The maximum Gasteiger partial charge on any atom is 0.331 e. The number of rotatable bonds is 2. The Morgan fingerprint density at radius 1 is 1.23 bits per heavy atom. The molecule has 0 spiro atoms. The lowest BCUT2D eigenvalue weighted by molar-refractivity contribution is -0.129. The Labute approximate surface area is 129 Å². The normalized spacial score (nSPS) is 25.3. The number of ether oxygens (including phenoxy) is 1. The number of hydrogen-bond acceptors (Lipinski definition) is 5. The minimum absolute atomic E-state index is 0.0911. The Morgan fingerprint density at radius 2 is 1.86 bits per heavy atom. The van der Waals surface area contributed by atoms with Crippen molar-refractivity contribution in [1.82, 2.24) is 15.1 Å². The number of nitrogens with zero attached hydrogens (tertiary/aromatic N) is 2. The number of urea groups is 1. The fourth-order valence-corrected chi connectivity index (χ4v) is 2.69. The zero-order valence-corrected chi connectivity index (χ0v) is 13.5. The highest BCUT2D eigenvalue weighted by molar-refractivity contribution is 6.28. The van der Waals surface area contributed by atoms with E-state index in [4.69, 9.17) is 4.74 Å². The maximum absolute atomic E-state index is 12.0. The molecule has 2 aliphatic rings. The molecular weight excluding hydrogens is 286 g/mol. The third-order valence-electron chi connectivity index (χ3n) is 3.68. The first kappa shape index (κ1) is 16.1. The summed E-state index contributed by atoms with van der Waals surface area (Å²) in [5, 5.41) is 2.11. The SMILES string of the molecule is CC(C)N1/C(=C/C=C2/C(=O)NC(=O)N(C)C2=O)OCC1(C)C. The Kier molecular flexibility index (Phi) is 4.00. The topological polar surface area (TPSA) is 79.0 Å². The summed E-state index contributed by atoms with van der Waals surface area (Å²) in [6.07, 6.45) is 3.00. The number of carbonyl (C=O) groups excluding carboxylic acids is 3. The van der Waals surface area contributed by atoms with Gasteiger partial charge in [-0.05, 0) is 39.8 Å². The maximum atomic E-state index is 12.0. The molecule has 0 aromatic heterocycles. The van der Waals surface area contributed by atoms with E-state index in [9.17, 15) is 14.4 Å². The van der Waals surface area contributed by atoms with Crippen LogP contribution in [0.5, 0.6) is 0 Å². The van der Waals surface area contributed by atoms with Crippen molar-refractivity contribution in [3.8, 4) is 0 Å². The summed E-state index contributed by atoms with van der Waals surface area (Å²) in [5.74, 6) is -0.718. The van der Waals surface area contributed by atoms with E-state index in [1.54, 1.807) is 6.08 Å². The van der Waals surface area contributed by atoms with Crippen LogP contribution in [0.4, 0.5) is 4.79 Å². The molecule has 2 fully saturated rings. The van der Waals surface area contributed by atoms with Crippen LogP contribution in [0.2, 0.25) is 0 Å². The van der Waals surface area contributed by atoms with E-state index in [-0.39, 0.29) is 17.2 Å². The first-order chi connectivity index (χ1) is 10.1. The van der Waals surface area contributed by atoms with Crippen molar-refractivity contribution in [2.75, 3.05) is 13.7 Å². The number of amides is 4. The van der Waals surface area contributed by atoms with Crippen molar-refractivity contribution in [3.05, 3.63) is 23.6 Å². The van der Waals surface area contributed by atoms with Gasteiger partial charge in [-0.25, -0.2) is 4.79 Å². The van der Waals surface area contributed by atoms with E-state index in [0.717, 1.165) is 4.90 Å². The molecule has 0 aromatic rings. The van der Waals surface area contributed by atoms with Gasteiger partial charge in [0.15, 0.2) is 5.88 Å². The second-order valence-electron chi connectivity index (χ2n) is 6.27. The van der Waals surface area contributed by atoms with Crippen LogP contribution in [0.25, 0.3) is 0 Å². The number of carbonyl (C=O) groups is 3. The van der Waals surface area contributed by atoms with Crippen LogP contribution >= 0.6 is 0 Å². The third-order valence-corrected chi connectivity index (χ3v) is 3.68. The molecule has 0 saturated carbocycles. The van der Waals surface area contributed by atoms with Gasteiger partial charge in [-0.1, -0.05) is 0 Å². The number of likely N-dealkylation sites (N-methyl/N-ethyl adjacent to an activating group) is 1. The first-order valence-electron chi connectivity index (χ1n) is 7.12. The molecular formula is C15H21N3O4. The smallest absolute Gasteiger partial charge is 0.331 e. The van der Waals surface area contributed by atoms with E-state index in [0.29, 0.717) is 12.5 Å². The number of allylic oxidation sites excluding steroid dienone is 2. The van der Waals surface area contributed by atoms with Crippen molar-refractivity contribution in [1.29, 1.82) is 0 Å². The van der Waals surface area contributed by atoms with Crippen LogP contribution in [-0.2, 0) is 14.3 Å². The Morgan fingerprint density at radius 3 is 2.45 bits per heavy atom. The van der Waals surface area contributed by atoms with Gasteiger partial charge in [0.2, 0.25) is 0 Å². The van der Waals surface area contributed by atoms with Gasteiger partial charge >= 0.3 is 6.03 Å². The molecule has 0 bridgehead atoms. The molecule has 0 radical (unpaired) electrons. The Hall–Kier alpha value is -2.31. The lowest BCUT2D eigenvalue weighted by Gasteiger charge is -2.34. The second-order valence-corrected chi connectivity index (χ2v) is 6.27. The zero-order chi connectivity index (χ0) is 16.7. The molecule has 2 saturated heterocycles. The molecule has 0 atom stereocenters. The number of nitrogens with one attached hydrogen (secondary N) is 1. The molecule has 0 unspecified atom stereocenters. The predicted molar refractivity (Wildman–Crippen MR) is 79.5 cm³/mol. The molecule has 7 nitrogen and oxygen atoms in total. The van der Waals surface area contributed by atoms with Gasteiger partial charge in [-0.15, -0.1) is 0 Å². The van der Waals surface area contributed by atoms with Gasteiger partial charge in [0, 0.05) is 13.1 Å². The standard InChI is InChI=1S/C15H21N3O4/c1-9(2)18-11(22-8-15(18,3)4)7-6-10-12(19)16-14(21)17(5)13(10)20/h6-7,9H,8H2,1-5H3,(H,16,19,21)/b10-6-,11-7-. The number of barbiturate groups is 1. The van der Waals surface area contributed by atoms with E-state index >= 15 is 0 Å². The van der Waals surface area contributed by atoms with E-state index in [2.05, 4.69) is 24.1 Å². The average Bonchev–Trinajstić information content (AvgIpc) is 2.71. The van der Waals surface area contributed by atoms with Crippen LogP contribution in [0.3, 0.4) is 0 Å². The lowest BCUT2D eigenvalue weighted by atomic mass is 10.0. The summed E-state index contributed by atoms with van der Waals surface area (Å²) in [7, 11) is 1.32. The van der Waals surface area contributed by atoms with Crippen molar-refractivity contribution >= 4 is 17.8 Å². The van der Waals surface area contributed by atoms with Crippen LogP contribution in [-0.4, -0.2) is 52.9 Å². The minimum Gasteiger partial charge on any atom is -0.477 e. The molecule has 1 N–H and O–H groups in total. The largest absolute Gasteiger partial charge is 0.477 e. The van der Waals surface area contributed by atoms with Gasteiger partial charge in [0.25, 0.3) is 11.8 Å². The summed E-state index contributed by atoms with van der Waals surface area (Å²) in [4.78, 5) is 38.1. The second kappa shape index (κ2) is 5.47. The highest BCUT2D eigenvalue weighted by atomic mass is 16.5. The summed E-state index contributed by atoms with van der Waals surface area (Å²) < 4.78 is 5.67. The third kappa shape index (κ3) is 2.70. The van der Waals surface area contributed by atoms with Crippen LogP contribution in [0.1, 0.15) is 27.7 Å². The molecule has 0 aliphatic carbocycles. The molecule has 7 heteroatoms. The van der Waals surface area contributed by atoms with E-state index in [1.165, 1.54) is 13.1 Å². The van der Waals surface area contributed by atoms with Gasteiger partial charge in [0.1, 0.15) is 12.2 Å². The van der Waals surface area contributed by atoms with Gasteiger partial charge in [-0.3, -0.25) is 19.8 Å². The van der Waals surface area contributed by atoms with Crippen molar-refractivity contribution in [2.24, 2.45) is 0 Å². The highest BCUT2D eigenvalue weighted by Gasteiger charge is 2.38. The Bertz CT molecular complexity index is 590. The summed E-state index contributed by atoms with van der Waals surface area (Å²) in [6, 6.07) is -0.510. The van der Waals surface area contributed by atoms with Crippen LogP contribution in [0.15, 0.2) is 23.6 Å². The minimum atomic E-state index is -0.721. The molecule has 120 valence electrons. The van der Waals surface area contributed by atoms with Gasteiger partial charge in [0.05, 0.1) is 5.54 Å². The highest BCUT2D eigenvalue weighted by Crippen LogP contribution is 2.31. The van der Waals surface area contributed by atoms with Crippen molar-refractivity contribution in [2.45, 2.75) is 39.3 Å². The van der Waals surface area contributed by atoms with Crippen LogP contribution < -0.4 is 5.32 Å². The fourth-order valence-electron chi connectivity index (χ4n) is 2.69. The molecule has 0 aromatic carbocycles. The quantitative estimate of drug-likeness (QED) is 0.608. The summed E-state index contributed by atoms with van der Waals surface area (Å²) in [6.45, 7) is 8.74. The number of imide groups is 2. The Balaban J connectivity index is 2.31. The fraction of sp³-hybridized carbons (Fsp3) is 0.533. The molecule has 4 amide bonds. The first-order valence-corrected chi connectivity index (χ1v) is 7.12. The van der Waals surface area contributed by atoms with Gasteiger partial charge < -0.3 is 9.64 Å². The van der Waals surface area contributed by atoms with Crippen molar-refractivity contribution in [3.63, 3.8) is 0 Å². The summed E-state index contributed by atoms with van der Waals surface area (Å²) >= 11 is 0. The average molecular weight is 307 g/mol. The molecule has 2 heterocycles. The predicted octanol–water partition coefficient (Wildman–Crippen LogP) is 0.982. The van der Waals surface area contributed by atoms with Crippen LogP contribution in [0, 0.1) is 0 Å². The molecule has 22 heavy (non-hydrogen) atoms. The zero-order valence-electron chi connectivity index (χ0n) is 13.5. The van der Waals surface area contributed by atoms with Crippen molar-refractivity contribution < 1.29 is 19.1 Å². The number of hydrogen-bond donors (Lipinski definition) is 1. The summed E-state index contributed by atoms with van der Waals surface area (Å²) in [5.41, 5.74) is -0.254.